The van der Waals surface area contributed by atoms with Crippen molar-refractivity contribution in [1.82, 2.24) is 0 Å². The predicted octanol–water partition coefficient (Wildman–Crippen LogP) is 3.74. The topological polar surface area (TPSA) is 117 Å². The summed E-state index contributed by atoms with van der Waals surface area (Å²) in [6, 6.07) is 3.36. The highest BCUT2D eigenvalue weighted by atomic mass is 35.5. The van der Waals surface area contributed by atoms with E-state index in [2.05, 4.69) is 5.32 Å². The van der Waals surface area contributed by atoms with E-state index in [4.69, 9.17) is 31.5 Å². The number of nitrogens with two attached hydrogens (primary N) is 1. The molecule has 2 aromatic rings. The fraction of sp³-hybridized carbons (Fsp3) is 0.348. The second kappa shape index (κ2) is 10.3. The second-order valence-corrected chi connectivity index (χ2v) is 9.16. The summed E-state index contributed by atoms with van der Waals surface area (Å²) in [5, 5.41) is 3.45. The van der Waals surface area contributed by atoms with Gasteiger partial charge < -0.3 is 25.3 Å². The van der Waals surface area contributed by atoms with E-state index in [0.717, 1.165) is 42.5 Å². The first-order chi connectivity index (χ1) is 15.9. The number of hydrogen-bond acceptors (Lipinski definition) is 7. The molecule has 1 aliphatic heterocycles. The summed E-state index contributed by atoms with van der Waals surface area (Å²) in [5.41, 5.74) is 7.44. The first kappa shape index (κ1) is 23.1. The lowest BCUT2D eigenvalue weighted by atomic mass is 9.95. The Hall–Kier alpha value is -3.04. The van der Waals surface area contributed by atoms with E-state index in [9.17, 15) is 14.4 Å². The Kier molecular flexibility index (Phi) is 7.20. The lowest BCUT2D eigenvalue weighted by Crippen LogP contribution is -2.22. The first-order valence-corrected chi connectivity index (χ1v) is 11.8. The van der Waals surface area contributed by atoms with E-state index in [0.29, 0.717) is 45.9 Å². The molecule has 0 unspecified atom stereocenters. The van der Waals surface area contributed by atoms with E-state index in [1.807, 2.05) is 0 Å². The number of nitrogens with one attached hydrogen (secondary N) is 1. The third-order valence-electron chi connectivity index (χ3n) is 5.25. The van der Waals surface area contributed by atoms with Crippen LogP contribution in [0.15, 0.2) is 18.2 Å². The highest BCUT2D eigenvalue weighted by Crippen LogP contribution is 2.39. The fourth-order valence-electron chi connectivity index (χ4n) is 3.77. The summed E-state index contributed by atoms with van der Waals surface area (Å²) in [6.45, 7) is 0.537. The largest absolute Gasteiger partial charge is 0.489 e. The van der Waals surface area contributed by atoms with Crippen LogP contribution in [0, 0.1) is 0 Å². The second-order valence-electron chi connectivity index (χ2n) is 7.65. The zero-order chi connectivity index (χ0) is 23.4. The van der Waals surface area contributed by atoms with Crippen LogP contribution in [-0.2, 0) is 27.2 Å². The van der Waals surface area contributed by atoms with E-state index in [1.54, 1.807) is 12.1 Å². The van der Waals surface area contributed by atoms with Crippen molar-refractivity contribution in [2.75, 3.05) is 25.1 Å². The fourth-order valence-corrected chi connectivity index (χ4v) is 5.36. The Morgan fingerprint density at radius 2 is 1.94 bits per heavy atom. The van der Waals surface area contributed by atoms with Gasteiger partial charge in [-0.3, -0.25) is 9.59 Å². The number of rotatable bonds is 6. The average Bonchev–Trinajstić information content (AvgIpc) is 2.97. The molecule has 0 fully saturated rings. The summed E-state index contributed by atoms with van der Waals surface area (Å²) in [5.74, 6) is -0.823. The standard InChI is InChI=1S/C23H23ClN2O6S/c24-15-10-13(11-16-21(15)31-9-3-8-30-16)6-7-19(28)32-12-18(27)26-23-20(22(25)29)14-4-1-2-5-17(14)33-23/h6-7,10-11H,1-5,8-9,12H2,(H2,25,29)(H,26,27)/b7-6+. The van der Waals surface area contributed by atoms with Gasteiger partial charge in [0, 0.05) is 17.4 Å². The summed E-state index contributed by atoms with van der Waals surface area (Å²) < 4.78 is 16.2. The van der Waals surface area contributed by atoms with Crippen molar-refractivity contribution in [3.05, 3.63) is 44.8 Å². The Balaban J connectivity index is 1.35. The Labute approximate surface area is 199 Å². The molecule has 0 saturated carbocycles. The van der Waals surface area contributed by atoms with Crippen molar-refractivity contribution in [2.45, 2.75) is 32.1 Å². The zero-order valence-corrected chi connectivity index (χ0v) is 19.4. The Morgan fingerprint density at radius 3 is 2.76 bits per heavy atom. The van der Waals surface area contributed by atoms with E-state index >= 15 is 0 Å². The van der Waals surface area contributed by atoms with Gasteiger partial charge in [0.05, 0.1) is 23.8 Å². The van der Waals surface area contributed by atoms with Gasteiger partial charge in [-0.15, -0.1) is 11.3 Å². The molecule has 2 amide bonds. The molecule has 0 radical (unpaired) electrons. The maximum atomic E-state index is 12.3. The van der Waals surface area contributed by atoms with E-state index in [-0.39, 0.29) is 0 Å². The van der Waals surface area contributed by atoms with Crippen molar-refractivity contribution in [3.63, 3.8) is 0 Å². The van der Waals surface area contributed by atoms with E-state index < -0.39 is 24.4 Å². The van der Waals surface area contributed by atoms with Gasteiger partial charge in [-0.05, 0) is 55.0 Å². The molecule has 10 heteroatoms. The minimum Gasteiger partial charge on any atom is -0.489 e. The normalized spacial score (nSPS) is 14.9. The number of halogens is 1. The predicted molar refractivity (Wildman–Crippen MR) is 125 cm³/mol. The Morgan fingerprint density at radius 1 is 1.15 bits per heavy atom. The minimum absolute atomic E-state index is 0.362. The summed E-state index contributed by atoms with van der Waals surface area (Å²) in [6.07, 6.45) is 7.11. The molecule has 0 saturated heterocycles. The van der Waals surface area contributed by atoms with Crippen molar-refractivity contribution < 1.29 is 28.6 Å². The van der Waals surface area contributed by atoms with Crippen molar-refractivity contribution >= 4 is 51.8 Å². The molecular formula is C23H23ClN2O6S. The molecule has 2 heterocycles. The molecule has 1 aromatic carbocycles. The molecule has 174 valence electrons. The van der Waals surface area contributed by atoms with Gasteiger partial charge >= 0.3 is 5.97 Å². The van der Waals surface area contributed by atoms with Crippen LogP contribution < -0.4 is 20.5 Å². The Bertz CT molecular complexity index is 1130. The third kappa shape index (κ3) is 5.48. The van der Waals surface area contributed by atoms with Crippen LogP contribution in [0.1, 0.15) is 45.6 Å². The quantitative estimate of drug-likeness (QED) is 0.470. The minimum atomic E-state index is -0.700. The van der Waals surface area contributed by atoms with Crippen molar-refractivity contribution in [1.29, 1.82) is 0 Å². The number of fused-ring (bicyclic) bond motifs is 2. The molecule has 3 N–H and O–H groups in total. The van der Waals surface area contributed by atoms with E-state index in [1.165, 1.54) is 23.5 Å². The smallest absolute Gasteiger partial charge is 0.331 e. The lowest BCUT2D eigenvalue weighted by Gasteiger charge is -2.11. The number of carbonyl (C=O) groups excluding carboxylic acids is 3. The number of benzene rings is 1. The summed E-state index contributed by atoms with van der Waals surface area (Å²) >= 11 is 7.60. The number of esters is 1. The SMILES string of the molecule is NC(=O)c1c(NC(=O)COC(=O)/C=C/c2cc(Cl)c3c(c2)OCCCO3)sc2c1CCCC2. The van der Waals surface area contributed by atoms with Crippen LogP contribution in [0.3, 0.4) is 0 Å². The molecular weight excluding hydrogens is 468 g/mol. The summed E-state index contributed by atoms with van der Waals surface area (Å²) in [4.78, 5) is 37.4. The molecule has 0 bridgehead atoms. The van der Waals surface area contributed by atoms with Crippen LogP contribution in [-0.4, -0.2) is 37.6 Å². The lowest BCUT2D eigenvalue weighted by molar-refractivity contribution is -0.142. The van der Waals surface area contributed by atoms with Gasteiger partial charge in [-0.2, -0.15) is 0 Å². The zero-order valence-electron chi connectivity index (χ0n) is 17.8. The van der Waals surface area contributed by atoms with Gasteiger partial charge in [-0.1, -0.05) is 11.6 Å². The number of amides is 2. The van der Waals surface area contributed by atoms with Gasteiger partial charge in [-0.25, -0.2) is 4.79 Å². The molecule has 0 atom stereocenters. The van der Waals surface area contributed by atoms with Crippen LogP contribution in [0.25, 0.3) is 6.08 Å². The molecule has 4 rings (SSSR count). The number of anilines is 1. The summed E-state index contributed by atoms with van der Waals surface area (Å²) in [7, 11) is 0. The first-order valence-electron chi connectivity index (χ1n) is 10.6. The van der Waals surface area contributed by atoms with Gasteiger partial charge in [0.15, 0.2) is 18.1 Å². The number of aryl methyl sites for hydroxylation is 1. The van der Waals surface area contributed by atoms with Crippen molar-refractivity contribution in [2.24, 2.45) is 5.73 Å². The highest BCUT2D eigenvalue weighted by Gasteiger charge is 2.25. The molecule has 2 aliphatic rings. The molecule has 1 aromatic heterocycles. The van der Waals surface area contributed by atoms with Crippen LogP contribution >= 0.6 is 22.9 Å². The number of thiophene rings is 1. The highest BCUT2D eigenvalue weighted by molar-refractivity contribution is 7.17. The molecule has 33 heavy (non-hydrogen) atoms. The monoisotopic (exact) mass is 490 g/mol. The van der Waals surface area contributed by atoms with Gasteiger partial charge in [0.2, 0.25) is 0 Å². The maximum Gasteiger partial charge on any atom is 0.331 e. The van der Waals surface area contributed by atoms with Gasteiger partial charge in [0.25, 0.3) is 11.8 Å². The number of carbonyl (C=O) groups is 3. The average molecular weight is 491 g/mol. The molecule has 1 aliphatic carbocycles. The van der Waals surface area contributed by atoms with Gasteiger partial charge in [0.1, 0.15) is 5.00 Å². The van der Waals surface area contributed by atoms with Crippen molar-refractivity contribution in [3.8, 4) is 11.5 Å². The third-order valence-corrected chi connectivity index (χ3v) is 6.74. The number of ether oxygens (including phenoxy) is 3. The number of hydrogen-bond donors (Lipinski definition) is 2. The van der Waals surface area contributed by atoms with Crippen LogP contribution in [0.4, 0.5) is 5.00 Å². The van der Waals surface area contributed by atoms with Crippen LogP contribution in [0.2, 0.25) is 5.02 Å². The van der Waals surface area contributed by atoms with Crippen LogP contribution in [0.5, 0.6) is 11.5 Å². The number of primary amides is 1. The molecule has 8 nitrogen and oxygen atoms in total. The maximum absolute atomic E-state index is 12.3. The molecule has 0 spiro atoms.